The normalized spacial score (nSPS) is 10.3. The average molecular weight is 457 g/mol. The summed E-state index contributed by atoms with van der Waals surface area (Å²) in [4.78, 5) is 31.4. The summed E-state index contributed by atoms with van der Waals surface area (Å²) in [5.74, 6) is 0.613. The van der Waals surface area contributed by atoms with E-state index in [1.807, 2.05) is 30.3 Å². The van der Waals surface area contributed by atoms with Crippen molar-refractivity contribution in [2.24, 2.45) is 0 Å². The number of anilines is 4. The van der Waals surface area contributed by atoms with E-state index in [4.69, 9.17) is 9.47 Å². The van der Waals surface area contributed by atoms with Crippen LogP contribution < -0.4 is 15.4 Å². The second kappa shape index (κ2) is 10.1. The monoisotopic (exact) mass is 457 g/mol. The van der Waals surface area contributed by atoms with E-state index < -0.39 is 10.9 Å². The number of aromatic nitrogens is 2. The first kappa shape index (κ1) is 22.2. The lowest BCUT2D eigenvalue weighted by Crippen LogP contribution is -2.09. The van der Waals surface area contributed by atoms with Gasteiger partial charge in [-0.25, -0.2) is 14.8 Å². The number of esters is 1. The molecule has 0 unspecified atom stereocenters. The molecule has 3 aromatic carbocycles. The summed E-state index contributed by atoms with van der Waals surface area (Å²) in [6.07, 6.45) is 1.19. The summed E-state index contributed by atoms with van der Waals surface area (Å²) in [6.45, 7) is 0. The molecular formula is C24H19N5O5. The van der Waals surface area contributed by atoms with Crippen LogP contribution in [0.25, 0.3) is 0 Å². The highest BCUT2D eigenvalue weighted by molar-refractivity contribution is 5.96. The maximum absolute atomic E-state index is 12.0. The molecule has 0 aliphatic rings. The van der Waals surface area contributed by atoms with Gasteiger partial charge in [-0.05, 0) is 48.5 Å². The zero-order chi connectivity index (χ0) is 23.9. The third kappa shape index (κ3) is 5.07. The van der Waals surface area contributed by atoms with Gasteiger partial charge in [0.05, 0.1) is 23.3 Å². The maximum atomic E-state index is 12.0. The molecule has 0 amide bonds. The van der Waals surface area contributed by atoms with E-state index in [0.717, 1.165) is 0 Å². The zero-order valence-electron chi connectivity index (χ0n) is 18.0. The summed E-state index contributed by atoms with van der Waals surface area (Å²) in [5.41, 5.74) is 0.695. The molecule has 34 heavy (non-hydrogen) atoms. The summed E-state index contributed by atoms with van der Waals surface area (Å²) in [5, 5.41) is 17.7. The van der Waals surface area contributed by atoms with E-state index in [9.17, 15) is 14.9 Å². The number of ether oxygens (including phenoxy) is 2. The Morgan fingerprint density at radius 3 is 2.15 bits per heavy atom. The third-order valence-electron chi connectivity index (χ3n) is 4.69. The first-order valence-electron chi connectivity index (χ1n) is 10.1. The van der Waals surface area contributed by atoms with Gasteiger partial charge in [-0.1, -0.05) is 30.3 Å². The number of methoxy groups -OCH3 is 1. The van der Waals surface area contributed by atoms with E-state index in [2.05, 4.69) is 20.6 Å². The van der Waals surface area contributed by atoms with Gasteiger partial charge in [0.15, 0.2) is 0 Å². The minimum atomic E-state index is -0.599. The fraction of sp³-hybridized carbons (Fsp3) is 0.0417. The van der Waals surface area contributed by atoms with Crippen LogP contribution in [-0.2, 0) is 4.74 Å². The van der Waals surface area contributed by atoms with Crippen LogP contribution in [0.3, 0.4) is 0 Å². The molecule has 0 saturated heterocycles. The van der Waals surface area contributed by atoms with Crippen molar-refractivity contribution in [3.63, 3.8) is 0 Å². The topological polar surface area (TPSA) is 129 Å². The van der Waals surface area contributed by atoms with Crippen LogP contribution in [-0.4, -0.2) is 28.0 Å². The molecule has 4 rings (SSSR count). The smallest absolute Gasteiger partial charge is 0.353 e. The number of nitrogens with zero attached hydrogens (tertiary/aromatic N) is 3. The molecule has 0 radical (unpaired) electrons. The third-order valence-corrected chi connectivity index (χ3v) is 4.69. The Kier molecular flexibility index (Phi) is 6.59. The predicted octanol–water partition coefficient (Wildman–Crippen LogP) is 5.45. The molecule has 2 N–H and O–H groups in total. The summed E-state index contributed by atoms with van der Waals surface area (Å²) < 4.78 is 10.5. The van der Waals surface area contributed by atoms with Gasteiger partial charge in [-0.2, -0.15) is 0 Å². The highest BCUT2D eigenvalue weighted by Crippen LogP contribution is 2.34. The fourth-order valence-electron chi connectivity index (χ4n) is 3.11. The molecule has 0 aliphatic carbocycles. The highest BCUT2D eigenvalue weighted by atomic mass is 16.6. The standard InChI is InChI=1S/C24H19N5O5/c1-33-24(30)19-9-5-6-10-20(19)28-23-21(29(31)32)22(25-15-26-23)27-16-11-13-18(14-12-16)34-17-7-3-2-4-8-17/h2-15H,1H3,(H2,25,26,27,28). The van der Waals surface area contributed by atoms with E-state index in [-0.39, 0.29) is 22.9 Å². The van der Waals surface area contributed by atoms with Crippen LogP contribution in [0.1, 0.15) is 10.4 Å². The maximum Gasteiger partial charge on any atom is 0.353 e. The number of hydrogen-bond donors (Lipinski definition) is 2. The van der Waals surface area contributed by atoms with E-state index in [1.165, 1.54) is 13.4 Å². The number of rotatable bonds is 8. The van der Waals surface area contributed by atoms with Crippen LogP contribution >= 0.6 is 0 Å². The molecular weight excluding hydrogens is 438 g/mol. The van der Waals surface area contributed by atoms with E-state index in [0.29, 0.717) is 22.9 Å². The summed E-state index contributed by atoms with van der Waals surface area (Å²) >= 11 is 0. The van der Waals surface area contributed by atoms with Crippen molar-refractivity contribution < 1.29 is 19.2 Å². The second-order valence-electron chi connectivity index (χ2n) is 6.90. The minimum absolute atomic E-state index is 0.0187. The van der Waals surface area contributed by atoms with Crippen molar-refractivity contribution >= 4 is 34.7 Å². The molecule has 0 aliphatic heterocycles. The molecule has 0 fully saturated rings. The number of hydrogen-bond acceptors (Lipinski definition) is 9. The van der Waals surface area contributed by atoms with Gasteiger partial charge in [0.25, 0.3) is 0 Å². The SMILES string of the molecule is COC(=O)c1ccccc1Nc1ncnc(Nc2ccc(Oc3ccccc3)cc2)c1[N+](=O)[O-]. The average Bonchev–Trinajstić information content (AvgIpc) is 2.86. The Morgan fingerprint density at radius 1 is 0.853 bits per heavy atom. The highest BCUT2D eigenvalue weighted by Gasteiger charge is 2.24. The lowest BCUT2D eigenvalue weighted by Gasteiger charge is -2.12. The lowest BCUT2D eigenvalue weighted by atomic mass is 10.2. The van der Waals surface area contributed by atoms with Crippen molar-refractivity contribution in [2.75, 3.05) is 17.7 Å². The van der Waals surface area contributed by atoms with Crippen LogP contribution in [0.5, 0.6) is 11.5 Å². The number of carbonyl (C=O) groups is 1. The Hall–Kier alpha value is -4.99. The summed E-state index contributed by atoms with van der Waals surface area (Å²) in [7, 11) is 1.25. The van der Waals surface area contributed by atoms with E-state index in [1.54, 1.807) is 48.5 Å². The molecule has 0 saturated carbocycles. The van der Waals surface area contributed by atoms with Crippen molar-refractivity contribution in [2.45, 2.75) is 0 Å². The Bertz CT molecular complexity index is 1310. The molecule has 170 valence electrons. The molecule has 1 aromatic heterocycles. The second-order valence-corrected chi connectivity index (χ2v) is 6.90. The van der Waals surface area contributed by atoms with Gasteiger partial charge in [-0.15, -0.1) is 0 Å². The number of benzene rings is 3. The molecule has 1 heterocycles. The van der Waals surface area contributed by atoms with Crippen molar-refractivity contribution in [1.82, 2.24) is 9.97 Å². The fourth-order valence-corrected chi connectivity index (χ4v) is 3.11. The van der Waals surface area contributed by atoms with Crippen LogP contribution in [0.15, 0.2) is 85.2 Å². The zero-order valence-corrected chi connectivity index (χ0v) is 18.0. The van der Waals surface area contributed by atoms with Crippen molar-refractivity contribution in [3.05, 3.63) is 101 Å². The Morgan fingerprint density at radius 2 is 1.47 bits per heavy atom. The Labute approximate surface area is 194 Å². The van der Waals surface area contributed by atoms with Crippen LogP contribution in [0.2, 0.25) is 0 Å². The van der Waals surface area contributed by atoms with Crippen molar-refractivity contribution in [3.8, 4) is 11.5 Å². The van der Waals surface area contributed by atoms with Gasteiger partial charge < -0.3 is 20.1 Å². The number of para-hydroxylation sites is 2. The number of nitrogens with one attached hydrogen (secondary N) is 2. The minimum Gasteiger partial charge on any atom is -0.465 e. The van der Waals surface area contributed by atoms with E-state index >= 15 is 0 Å². The van der Waals surface area contributed by atoms with Gasteiger partial charge in [0, 0.05) is 5.69 Å². The first-order chi connectivity index (χ1) is 16.5. The Balaban J connectivity index is 1.59. The molecule has 0 atom stereocenters. The quantitative estimate of drug-likeness (QED) is 0.201. The largest absolute Gasteiger partial charge is 0.465 e. The van der Waals surface area contributed by atoms with Gasteiger partial charge in [0.1, 0.15) is 17.8 Å². The van der Waals surface area contributed by atoms with Crippen LogP contribution in [0, 0.1) is 10.1 Å². The molecule has 10 heteroatoms. The molecule has 4 aromatic rings. The lowest BCUT2D eigenvalue weighted by molar-refractivity contribution is -0.383. The van der Waals surface area contributed by atoms with Gasteiger partial charge >= 0.3 is 11.7 Å². The van der Waals surface area contributed by atoms with Gasteiger partial charge in [-0.3, -0.25) is 10.1 Å². The predicted molar refractivity (Wildman–Crippen MR) is 126 cm³/mol. The molecule has 0 spiro atoms. The first-order valence-corrected chi connectivity index (χ1v) is 10.1. The summed E-state index contributed by atoms with van der Waals surface area (Å²) in [6, 6.07) is 22.7. The van der Waals surface area contributed by atoms with Crippen molar-refractivity contribution in [1.29, 1.82) is 0 Å². The number of carbonyl (C=O) groups excluding carboxylic acids is 1. The van der Waals surface area contributed by atoms with Gasteiger partial charge in [0.2, 0.25) is 11.6 Å². The molecule has 0 bridgehead atoms. The van der Waals surface area contributed by atoms with Crippen LogP contribution in [0.4, 0.5) is 28.7 Å². The number of nitro groups is 1. The molecule has 10 nitrogen and oxygen atoms in total.